The molecule has 40 nitrogen and oxygen atoms in total. The first-order valence-corrected chi connectivity index (χ1v) is 43.1. The lowest BCUT2D eigenvalue weighted by Gasteiger charge is -2.51. The number of carbonyl (C=O) groups excluding carboxylic acids is 3. The molecule has 5 aliphatic rings. The van der Waals surface area contributed by atoms with Gasteiger partial charge in [-0.3, -0.25) is 23.5 Å². The molecule has 0 aromatic heterocycles. The summed E-state index contributed by atoms with van der Waals surface area (Å²) >= 11 is 0. The number of aliphatic hydroxyl groups excluding tert-OH is 14. The lowest BCUT2D eigenvalue weighted by atomic mass is 9.88. The Balaban J connectivity index is 1.35. The van der Waals surface area contributed by atoms with Crippen LogP contribution in [0.3, 0.4) is 0 Å². The van der Waals surface area contributed by atoms with Gasteiger partial charge in [-0.1, -0.05) is 180 Å². The zero-order chi connectivity index (χ0) is 85.2. The Morgan fingerprint density at radius 2 is 0.965 bits per heavy atom. The van der Waals surface area contributed by atoms with E-state index in [1.807, 2.05) is 0 Å². The van der Waals surface area contributed by atoms with Crippen molar-refractivity contribution in [1.82, 2.24) is 16.0 Å². The highest BCUT2D eigenvalue weighted by atomic mass is 32.3. The lowest BCUT2D eigenvalue weighted by Crippen LogP contribution is -2.71. The molecular formula is C73H131N3O37S2. The largest absolute Gasteiger partial charge is 0.477 e. The molecule has 672 valence electrons. The van der Waals surface area contributed by atoms with Gasteiger partial charge in [0.1, 0.15) is 116 Å². The van der Waals surface area contributed by atoms with Crippen molar-refractivity contribution in [2.75, 3.05) is 39.6 Å². The molecule has 20 N–H and O–H groups in total. The van der Waals surface area contributed by atoms with Crippen LogP contribution < -0.4 is 16.0 Å². The van der Waals surface area contributed by atoms with Crippen molar-refractivity contribution < 1.29 is 177 Å². The van der Waals surface area contributed by atoms with Gasteiger partial charge in [-0.2, -0.15) is 16.8 Å². The van der Waals surface area contributed by atoms with Crippen LogP contribution in [0.4, 0.5) is 0 Å². The summed E-state index contributed by atoms with van der Waals surface area (Å²) in [7, 11) is -11.3. The van der Waals surface area contributed by atoms with Crippen LogP contribution in [0.5, 0.6) is 0 Å². The number of carboxylic acids is 1. The predicted molar refractivity (Wildman–Crippen MR) is 399 cm³/mol. The Kier molecular flexibility index (Phi) is 46.1. The molecule has 5 fully saturated rings. The van der Waals surface area contributed by atoms with E-state index in [4.69, 9.17) is 51.6 Å². The van der Waals surface area contributed by atoms with Crippen LogP contribution in [0.1, 0.15) is 214 Å². The molecule has 3 amide bonds. The van der Waals surface area contributed by atoms with Gasteiger partial charge in [-0.25, -0.2) is 13.2 Å². The predicted octanol–water partition coefficient (Wildman–Crippen LogP) is -1.39. The number of hydrogen-bond acceptors (Lipinski definition) is 34. The van der Waals surface area contributed by atoms with Gasteiger partial charge >= 0.3 is 26.8 Å². The van der Waals surface area contributed by atoms with E-state index in [-0.39, 0.29) is 6.42 Å². The number of ether oxygens (including phenoxy) is 10. The highest BCUT2D eigenvalue weighted by Gasteiger charge is 2.62. The highest BCUT2D eigenvalue weighted by Crippen LogP contribution is 2.41. The summed E-state index contributed by atoms with van der Waals surface area (Å²) in [5, 5.41) is 175. The standard InChI is InChI=1S/C73H131N3O37S2/c1-5-7-9-11-13-15-17-19-20-22-24-26-28-30-32-34-52(86)76-44(45(83)33-31-29-27-25-23-21-18-16-14-12-10-8-6-2)40-102-69-59(91)58(90)62(49(38-79)105-69)108-71-61(93)67(113-115(99,100)101)63(50(39-80)106-71)109-68-54(75-43(4)82)64(57(89)51(107-68)41-103-114(96,97)98)110-70-60(92)66(56(88)48(37-78)104-70)112-73(72(94)95)35-46(84)53(74-42(3)81)65(111-73)55(87)47(85)36-77/h31,33,44-51,53-71,77-80,83-85,87-93H,5-30,32,34-41H2,1-4H3,(H,74,81)(H,75,82)(H,76,86)(H,94,95)(H,96,97,98)(H,99,100,101)/b33-31+/t44-,45+,46-,47-,48+,49+,50+,51+,53+,54+,55-,56-,57-,58+,59+,60+,61+,62+,63-,64+,65+,66-,67+,68-,69+,70-,71-,73-/m0/s1. The number of aliphatic carboxylic acids is 1. The Hall–Kier alpha value is -3.60. The minimum atomic E-state index is -5.84. The van der Waals surface area contributed by atoms with Gasteiger partial charge in [0, 0.05) is 26.7 Å². The normalized spacial score (nSPS) is 33.3. The molecule has 5 rings (SSSR count). The van der Waals surface area contributed by atoms with E-state index in [0.29, 0.717) is 12.8 Å². The first-order chi connectivity index (χ1) is 54.6. The maximum atomic E-state index is 13.5. The number of unbranched alkanes of at least 4 members (excludes halogenated alkanes) is 25. The van der Waals surface area contributed by atoms with E-state index in [1.165, 1.54) is 102 Å². The van der Waals surface area contributed by atoms with Gasteiger partial charge in [-0.15, -0.1) is 0 Å². The zero-order valence-corrected chi connectivity index (χ0v) is 67.7. The van der Waals surface area contributed by atoms with E-state index < -0.39 is 262 Å². The molecule has 5 aliphatic heterocycles. The van der Waals surface area contributed by atoms with Crippen molar-refractivity contribution in [3.63, 3.8) is 0 Å². The van der Waals surface area contributed by atoms with Crippen molar-refractivity contribution in [2.24, 2.45) is 0 Å². The van der Waals surface area contributed by atoms with E-state index in [0.717, 1.165) is 78.1 Å². The molecule has 0 radical (unpaired) electrons. The Bertz CT molecular complexity index is 3050. The molecular weight excluding hydrogens is 1570 g/mol. The summed E-state index contributed by atoms with van der Waals surface area (Å²) in [5.41, 5.74) is 0. The second kappa shape index (κ2) is 52.0. The maximum Gasteiger partial charge on any atom is 0.397 e. The van der Waals surface area contributed by atoms with E-state index in [9.17, 15) is 122 Å². The molecule has 0 unspecified atom stereocenters. The summed E-state index contributed by atoms with van der Waals surface area (Å²) in [5.74, 6) is -7.91. The number of allylic oxidation sites excluding steroid dienone is 1. The first kappa shape index (κ1) is 102. The Morgan fingerprint density at radius 1 is 0.513 bits per heavy atom. The first-order valence-electron chi connectivity index (χ1n) is 40.4. The van der Waals surface area contributed by atoms with Crippen LogP contribution in [0, 0.1) is 0 Å². The summed E-state index contributed by atoms with van der Waals surface area (Å²) in [6.07, 6.45) is -21.8. The fourth-order valence-electron chi connectivity index (χ4n) is 14.7. The third-order valence-electron chi connectivity index (χ3n) is 21.0. The smallest absolute Gasteiger partial charge is 0.397 e. The van der Waals surface area contributed by atoms with Crippen LogP contribution in [-0.2, 0) is 95.7 Å². The quantitative estimate of drug-likeness (QED) is 0.0189. The average Bonchev–Trinajstić information content (AvgIpc) is 0.754. The van der Waals surface area contributed by atoms with E-state index in [2.05, 4.69) is 34.0 Å². The third-order valence-corrected chi connectivity index (χ3v) is 21.9. The number of nitrogens with one attached hydrogen (secondary N) is 3. The number of carboxylic acid groups (broad SMARTS) is 1. The van der Waals surface area contributed by atoms with Crippen LogP contribution in [-0.4, -0.2) is 337 Å². The zero-order valence-electron chi connectivity index (χ0n) is 66.1. The van der Waals surface area contributed by atoms with Gasteiger partial charge in [0.25, 0.3) is 5.79 Å². The summed E-state index contributed by atoms with van der Waals surface area (Å²) in [6.45, 7) is -0.726. The van der Waals surface area contributed by atoms with E-state index >= 15 is 0 Å². The Labute approximate surface area is 672 Å². The monoisotopic (exact) mass is 1710 g/mol. The van der Waals surface area contributed by atoms with Crippen LogP contribution in [0.15, 0.2) is 12.2 Å². The SMILES string of the molecule is CCCCCCCCCCCCC/C=C/[C@@H](O)[C@H](CO[C@@H]1O[C@H](CO)[C@@H](O[C@@H]2O[C@H](CO)[C@H](O[C@@H]3O[C@H](COS(=O)(=O)O)[C@H](O)[C@H](O[C@@H]4O[C@H](CO)[C@H](O)[C@H](O[C@]5(C(=O)O)C[C@H](O)[C@@H](NC(C)=O)[C@H]([C@@H](O)[C@@H](O)CO)O5)[C@H]4O)[C@H]3NC(C)=O)[C@H](OS(=O)(=O)O)[C@H]2O)[C@H](O)[C@H]1O)NC(=O)CCCCCCCCCCCCCCCCC. The van der Waals surface area contributed by atoms with Gasteiger partial charge in [0.15, 0.2) is 25.2 Å². The minimum absolute atomic E-state index is 0.115. The van der Waals surface area contributed by atoms with Gasteiger partial charge in [0.2, 0.25) is 17.7 Å². The molecule has 5 saturated heterocycles. The average molecular weight is 1710 g/mol. The molecule has 0 aliphatic carbocycles. The summed E-state index contributed by atoms with van der Waals surface area (Å²) in [6, 6.07) is -5.12. The Morgan fingerprint density at radius 3 is 1.46 bits per heavy atom. The molecule has 42 heteroatoms. The number of hydrogen-bond donors (Lipinski definition) is 20. The van der Waals surface area contributed by atoms with Crippen LogP contribution in [0.25, 0.3) is 0 Å². The topological polar surface area (TPSA) is 627 Å². The molecule has 0 bridgehead atoms. The van der Waals surface area contributed by atoms with Crippen molar-refractivity contribution >= 4 is 44.5 Å². The second-order valence-corrected chi connectivity index (χ2v) is 32.4. The molecule has 0 saturated carbocycles. The maximum absolute atomic E-state index is 13.5. The lowest BCUT2D eigenvalue weighted by molar-refractivity contribution is -0.388. The molecule has 5 heterocycles. The van der Waals surface area contributed by atoms with Gasteiger partial charge in [0.05, 0.1) is 63.9 Å². The van der Waals surface area contributed by atoms with Crippen molar-refractivity contribution in [2.45, 2.75) is 385 Å². The van der Waals surface area contributed by atoms with E-state index in [1.54, 1.807) is 6.08 Å². The number of amides is 3. The minimum Gasteiger partial charge on any atom is -0.477 e. The van der Waals surface area contributed by atoms with Crippen molar-refractivity contribution in [3.8, 4) is 0 Å². The van der Waals surface area contributed by atoms with Crippen LogP contribution in [0.2, 0.25) is 0 Å². The highest BCUT2D eigenvalue weighted by molar-refractivity contribution is 7.81. The molecule has 0 aromatic carbocycles. The number of aliphatic hydroxyl groups is 14. The van der Waals surface area contributed by atoms with Crippen molar-refractivity contribution in [1.29, 1.82) is 0 Å². The third kappa shape index (κ3) is 33.3. The van der Waals surface area contributed by atoms with Gasteiger partial charge in [-0.05, 0) is 19.3 Å². The molecule has 28 atom stereocenters. The van der Waals surface area contributed by atoms with Crippen molar-refractivity contribution in [3.05, 3.63) is 12.2 Å². The summed E-state index contributed by atoms with van der Waals surface area (Å²) in [4.78, 5) is 52.2. The fraction of sp³-hybridized carbons (Fsp3) is 0.918. The summed E-state index contributed by atoms with van der Waals surface area (Å²) < 4.78 is 137. The fourth-order valence-corrected chi connectivity index (χ4v) is 15.5. The molecule has 115 heavy (non-hydrogen) atoms. The molecule has 0 spiro atoms. The second-order valence-electron chi connectivity index (χ2n) is 30.3. The number of rotatable bonds is 56. The number of carbonyl (C=O) groups is 4. The van der Waals surface area contributed by atoms with Gasteiger partial charge < -0.3 is 140 Å². The molecule has 0 aromatic rings. The van der Waals surface area contributed by atoms with Crippen LogP contribution >= 0.6 is 0 Å².